The molecule has 0 saturated carbocycles. The monoisotopic (exact) mass is 317 g/mol. The van der Waals surface area contributed by atoms with Crippen molar-refractivity contribution in [1.29, 1.82) is 0 Å². The highest BCUT2D eigenvalue weighted by atomic mass is 32.2. The predicted molar refractivity (Wildman–Crippen MR) is 71.8 cm³/mol. The Morgan fingerprint density at radius 1 is 1.33 bits per heavy atom. The lowest BCUT2D eigenvalue weighted by atomic mass is 10.1. The lowest BCUT2D eigenvalue weighted by Crippen LogP contribution is -2.41. The van der Waals surface area contributed by atoms with Crippen LogP contribution in [0.3, 0.4) is 0 Å². The van der Waals surface area contributed by atoms with Crippen molar-refractivity contribution in [2.45, 2.75) is 37.3 Å². The second-order valence-electron chi connectivity index (χ2n) is 5.19. The molecule has 2 N–H and O–H groups in total. The number of sulfonamides is 1. The number of carboxylic acids is 1. The molecule has 21 heavy (non-hydrogen) atoms. The van der Waals surface area contributed by atoms with Gasteiger partial charge in [-0.2, -0.15) is 4.31 Å². The Morgan fingerprint density at radius 3 is 2.33 bits per heavy atom. The third-order valence-electron chi connectivity index (χ3n) is 3.51. The van der Waals surface area contributed by atoms with E-state index in [9.17, 15) is 22.7 Å². The van der Waals surface area contributed by atoms with Crippen molar-refractivity contribution in [3.8, 4) is 0 Å². The van der Waals surface area contributed by atoms with Gasteiger partial charge in [0, 0.05) is 13.0 Å². The lowest BCUT2D eigenvalue weighted by Gasteiger charge is -2.23. The number of β-amino-alcohol motifs (C(OH)–C–C–N with tert-alkyl or cyclic N) is 1. The summed E-state index contributed by atoms with van der Waals surface area (Å²) in [5.41, 5.74) is 0.413. The van der Waals surface area contributed by atoms with Gasteiger partial charge in [0.1, 0.15) is 11.9 Å². The fourth-order valence-electron chi connectivity index (χ4n) is 2.70. The molecule has 6 nitrogen and oxygen atoms in total. The molecule has 0 bridgehead atoms. The Hall–Kier alpha value is -1.51. The summed E-state index contributed by atoms with van der Waals surface area (Å²) in [5.74, 6) is -1.87. The number of carboxylic acid groups (broad SMARTS) is 1. The molecule has 1 unspecified atom stereocenters. The van der Waals surface area contributed by atoms with E-state index in [0.717, 1.165) is 16.4 Å². The molecule has 1 heterocycles. The predicted octanol–water partition coefficient (Wildman–Crippen LogP) is 0.651. The van der Waals surface area contributed by atoms with E-state index in [1.807, 2.05) is 0 Å². The third-order valence-corrected chi connectivity index (χ3v) is 5.69. The zero-order valence-electron chi connectivity index (χ0n) is 11.6. The molecule has 1 aliphatic rings. The molecule has 1 aliphatic heterocycles. The molecular formula is C13H16FNO5S. The minimum atomic E-state index is -4.12. The van der Waals surface area contributed by atoms with Crippen molar-refractivity contribution in [3.63, 3.8) is 0 Å². The van der Waals surface area contributed by atoms with Crippen molar-refractivity contribution in [2.24, 2.45) is 0 Å². The second kappa shape index (κ2) is 5.36. The molecule has 1 aromatic rings. The van der Waals surface area contributed by atoms with Gasteiger partial charge in [-0.15, -0.1) is 0 Å². The van der Waals surface area contributed by atoms with Crippen LogP contribution in [0.5, 0.6) is 0 Å². The van der Waals surface area contributed by atoms with E-state index < -0.39 is 34.0 Å². The van der Waals surface area contributed by atoms with Gasteiger partial charge < -0.3 is 10.2 Å². The molecule has 0 spiro atoms. The molecule has 2 rings (SSSR count). The van der Waals surface area contributed by atoms with Crippen LogP contribution in [0, 0.1) is 19.7 Å². The van der Waals surface area contributed by atoms with E-state index in [0.29, 0.717) is 0 Å². The van der Waals surface area contributed by atoms with Gasteiger partial charge in [-0.25, -0.2) is 12.8 Å². The third kappa shape index (κ3) is 2.78. The smallest absolute Gasteiger partial charge is 0.322 e. The molecule has 8 heteroatoms. The summed E-state index contributed by atoms with van der Waals surface area (Å²) in [7, 11) is -4.12. The number of hydrogen-bond acceptors (Lipinski definition) is 4. The maximum Gasteiger partial charge on any atom is 0.322 e. The Balaban J connectivity index is 2.55. The quantitative estimate of drug-likeness (QED) is 0.853. The van der Waals surface area contributed by atoms with Gasteiger partial charge in [-0.1, -0.05) is 0 Å². The minimum absolute atomic E-state index is 0.107. The molecule has 1 saturated heterocycles. The zero-order valence-corrected chi connectivity index (χ0v) is 12.4. The first-order valence-electron chi connectivity index (χ1n) is 6.34. The molecule has 0 aromatic heterocycles. The van der Waals surface area contributed by atoms with E-state index in [1.165, 1.54) is 13.8 Å². The average molecular weight is 317 g/mol. The van der Waals surface area contributed by atoms with Crippen molar-refractivity contribution in [1.82, 2.24) is 4.31 Å². The number of hydrogen-bond donors (Lipinski definition) is 2. The molecule has 2 atom stereocenters. The molecule has 0 amide bonds. The number of carbonyl (C=O) groups is 1. The van der Waals surface area contributed by atoms with Crippen LogP contribution in [-0.4, -0.2) is 47.6 Å². The van der Waals surface area contributed by atoms with E-state index >= 15 is 0 Å². The maximum absolute atomic E-state index is 13.3. The summed E-state index contributed by atoms with van der Waals surface area (Å²) < 4.78 is 39.4. The van der Waals surface area contributed by atoms with Gasteiger partial charge in [-0.3, -0.25) is 4.79 Å². The van der Waals surface area contributed by atoms with E-state index in [4.69, 9.17) is 5.11 Å². The summed E-state index contributed by atoms with van der Waals surface area (Å²) in [5, 5.41) is 18.7. The van der Waals surface area contributed by atoms with Gasteiger partial charge in [0.25, 0.3) is 0 Å². The summed E-state index contributed by atoms with van der Waals surface area (Å²) >= 11 is 0. The van der Waals surface area contributed by atoms with Crippen molar-refractivity contribution in [2.75, 3.05) is 6.54 Å². The van der Waals surface area contributed by atoms with Crippen LogP contribution >= 0.6 is 0 Å². The van der Waals surface area contributed by atoms with Gasteiger partial charge in [0.15, 0.2) is 0 Å². The molecule has 116 valence electrons. The highest BCUT2D eigenvalue weighted by Crippen LogP contribution is 2.30. The van der Waals surface area contributed by atoms with Crippen LogP contribution in [0.1, 0.15) is 17.5 Å². The standard InChI is InChI=1S/C13H16FNO5S/c1-7-3-9(14)4-8(2)12(7)21(19,20)15-6-10(16)5-11(15)13(17)18/h3-4,10-11,16H,5-6H2,1-2H3,(H,17,18)/t10?,11-/m0/s1. The summed E-state index contributed by atoms with van der Waals surface area (Å²) in [4.78, 5) is 11.1. The fraction of sp³-hybridized carbons (Fsp3) is 0.462. The van der Waals surface area contributed by atoms with Crippen molar-refractivity contribution >= 4 is 16.0 Å². The summed E-state index contributed by atoms with van der Waals surface area (Å²) in [6.07, 6.45) is -1.18. The van der Waals surface area contributed by atoms with Crippen LogP contribution in [0.15, 0.2) is 17.0 Å². The largest absolute Gasteiger partial charge is 0.480 e. The average Bonchev–Trinajstić information content (AvgIpc) is 2.70. The van der Waals surface area contributed by atoms with Crippen LogP contribution < -0.4 is 0 Å². The van der Waals surface area contributed by atoms with Crippen LogP contribution in [-0.2, 0) is 14.8 Å². The number of halogens is 1. The van der Waals surface area contributed by atoms with Gasteiger partial charge in [0.05, 0.1) is 11.0 Å². The van der Waals surface area contributed by atoms with E-state index in [1.54, 1.807) is 0 Å². The van der Waals surface area contributed by atoms with E-state index in [-0.39, 0.29) is 29.0 Å². The first-order valence-corrected chi connectivity index (χ1v) is 7.78. The number of nitrogens with zero attached hydrogens (tertiary/aromatic N) is 1. The fourth-order valence-corrected chi connectivity index (χ4v) is 4.74. The summed E-state index contributed by atoms with van der Waals surface area (Å²) in [6, 6.07) is 0.860. The second-order valence-corrected chi connectivity index (χ2v) is 7.01. The molecule has 1 aromatic carbocycles. The number of aliphatic hydroxyl groups excluding tert-OH is 1. The normalized spacial score (nSPS) is 23.4. The Bertz CT molecular complexity index is 665. The van der Waals surface area contributed by atoms with Gasteiger partial charge >= 0.3 is 5.97 Å². The number of aliphatic hydroxyl groups is 1. The summed E-state index contributed by atoms with van der Waals surface area (Å²) in [6.45, 7) is 2.62. The Kier molecular flexibility index (Phi) is 4.05. The van der Waals surface area contributed by atoms with E-state index in [2.05, 4.69) is 0 Å². The highest BCUT2D eigenvalue weighted by Gasteiger charge is 2.44. The SMILES string of the molecule is Cc1cc(F)cc(C)c1S(=O)(=O)N1CC(O)C[C@H]1C(=O)O. The topological polar surface area (TPSA) is 94.9 Å². The van der Waals surface area contributed by atoms with Crippen molar-refractivity contribution in [3.05, 3.63) is 29.1 Å². The van der Waals surface area contributed by atoms with Gasteiger partial charge in [-0.05, 0) is 37.1 Å². The number of rotatable bonds is 3. The number of aliphatic carboxylic acids is 1. The van der Waals surface area contributed by atoms with Gasteiger partial charge in [0.2, 0.25) is 10.0 Å². The van der Waals surface area contributed by atoms with Crippen LogP contribution in [0.25, 0.3) is 0 Å². The number of benzene rings is 1. The Morgan fingerprint density at radius 2 is 1.86 bits per heavy atom. The molecule has 1 fully saturated rings. The molecule has 0 aliphatic carbocycles. The lowest BCUT2D eigenvalue weighted by molar-refractivity contribution is -0.140. The molecular weight excluding hydrogens is 301 g/mol. The minimum Gasteiger partial charge on any atom is -0.480 e. The Labute approximate surface area is 121 Å². The van der Waals surface area contributed by atoms with Crippen LogP contribution in [0.4, 0.5) is 4.39 Å². The molecule has 0 radical (unpaired) electrons. The maximum atomic E-state index is 13.3. The highest BCUT2D eigenvalue weighted by molar-refractivity contribution is 7.89. The number of aryl methyl sites for hydroxylation is 2. The van der Waals surface area contributed by atoms with Crippen molar-refractivity contribution < 1.29 is 27.8 Å². The zero-order chi connectivity index (χ0) is 15.9. The first kappa shape index (κ1) is 15.9. The first-order chi connectivity index (χ1) is 9.64. The van der Waals surface area contributed by atoms with Crippen LogP contribution in [0.2, 0.25) is 0 Å².